The Morgan fingerprint density at radius 2 is 2.19 bits per heavy atom. The Kier molecular flexibility index (Phi) is 6.00. The number of rotatable bonds is 5. The van der Waals surface area contributed by atoms with Crippen LogP contribution in [0, 0.1) is 3.70 Å². The minimum absolute atomic E-state index is 0.179. The zero-order valence-electron chi connectivity index (χ0n) is 9.04. The first-order valence-electron chi connectivity index (χ1n) is 4.63. The van der Waals surface area contributed by atoms with Crippen molar-refractivity contribution in [2.75, 3.05) is 13.7 Å². The third-order valence-corrected chi connectivity index (χ3v) is 2.84. The monoisotopic (exact) mass is 354 g/mol. The summed E-state index contributed by atoms with van der Waals surface area (Å²) in [7, 11) is 1.55. The van der Waals surface area contributed by atoms with Crippen molar-refractivity contribution in [3.8, 4) is 5.88 Å². The molecule has 0 amide bonds. The summed E-state index contributed by atoms with van der Waals surface area (Å²) in [5, 5.41) is 0.179. The second kappa shape index (κ2) is 7.03. The Bertz CT molecular complexity index is 385. The van der Waals surface area contributed by atoms with Gasteiger partial charge in [-0.1, -0.05) is 12.2 Å². The maximum Gasteiger partial charge on any atom is 0.226 e. The summed E-state index contributed by atoms with van der Waals surface area (Å²) in [5.41, 5.74) is 0.817. The predicted molar refractivity (Wildman–Crippen MR) is 70.8 cm³/mol. The van der Waals surface area contributed by atoms with Crippen LogP contribution in [0.25, 0.3) is 0 Å². The van der Waals surface area contributed by atoms with Crippen molar-refractivity contribution in [2.24, 2.45) is 0 Å². The van der Waals surface area contributed by atoms with Gasteiger partial charge in [0.05, 0.1) is 25.9 Å². The van der Waals surface area contributed by atoms with E-state index in [-0.39, 0.29) is 5.28 Å². The fourth-order valence-corrected chi connectivity index (χ4v) is 1.95. The molecule has 88 valence electrons. The molecule has 1 rings (SSSR count). The van der Waals surface area contributed by atoms with Crippen LogP contribution in [0.4, 0.5) is 0 Å². The number of hydrogen-bond acceptors (Lipinski definition) is 4. The largest absolute Gasteiger partial charge is 0.481 e. The van der Waals surface area contributed by atoms with E-state index >= 15 is 0 Å². The van der Waals surface area contributed by atoms with Crippen LogP contribution in [-0.4, -0.2) is 23.7 Å². The highest BCUT2D eigenvalue weighted by atomic mass is 127. The van der Waals surface area contributed by atoms with Crippen LogP contribution in [0.5, 0.6) is 5.88 Å². The zero-order valence-corrected chi connectivity index (χ0v) is 11.9. The van der Waals surface area contributed by atoms with Crippen molar-refractivity contribution < 1.29 is 9.47 Å². The number of aromatic nitrogens is 2. The minimum Gasteiger partial charge on any atom is -0.481 e. The molecule has 0 saturated carbocycles. The summed E-state index contributed by atoms with van der Waals surface area (Å²) in [6.45, 7) is 2.90. The van der Waals surface area contributed by atoms with Gasteiger partial charge in [0.25, 0.3) is 0 Å². The van der Waals surface area contributed by atoms with Gasteiger partial charge in [-0.2, -0.15) is 4.98 Å². The molecule has 0 aromatic carbocycles. The van der Waals surface area contributed by atoms with Crippen LogP contribution in [0.15, 0.2) is 12.2 Å². The molecule has 0 spiro atoms. The average molecular weight is 355 g/mol. The van der Waals surface area contributed by atoms with Gasteiger partial charge in [0, 0.05) is 0 Å². The Hall–Kier alpha value is -0.400. The van der Waals surface area contributed by atoms with Gasteiger partial charge in [-0.25, -0.2) is 4.98 Å². The van der Waals surface area contributed by atoms with E-state index in [0.717, 1.165) is 9.26 Å². The molecule has 0 fully saturated rings. The maximum absolute atomic E-state index is 5.73. The van der Waals surface area contributed by atoms with Gasteiger partial charge in [-0.15, -0.1) is 0 Å². The van der Waals surface area contributed by atoms with Crippen LogP contribution in [0.1, 0.15) is 12.5 Å². The first-order valence-corrected chi connectivity index (χ1v) is 6.09. The van der Waals surface area contributed by atoms with E-state index in [1.54, 1.807) is 7.11 Å². The molecular formula is C10H12ClIN2O2. The third-order valence-electron chi connectivity index (χ3n) is 1.78. The lowest BCUT2D eigenvalue weighted by atomic mass is 10.3. The molecule has 0 bridgehead atoms. The topological polar surface area (TPSA) is 44.2 Å². The summed E-state index contributed by atoms with van der Waals surface area (Å²) < 4.78 is 11.3. The summed E-state index contributed by atoms with van der Waals surface area (Å²) >= 11 is 7.81. The lowest BCUT2D eigenvalue weighted by Gasteiger charge is -2.09. The van der Waals surface area contributed by atoms with E-state index in [4.69, 9.17) is 21.1 Å². The van der Waals surface area contributed by atoms with Crippen molar-refractivity contribution in [1.82, 2.24) is 9.97 Å². The van der Waals surface area contributed by atoms with Crippen LogP contribution in [0.3, 0.4) is 0 Å². The van der Waals surface area contributed by atoms with Gasteiger partial charge in [-0.3, -0.25) is 0 Å². The molecule has 16 heavy (non-hydrogen) atoms. The SMILES string of the molecule is C/C=C/COCc1c(I)nc(Cl)nc1OC. The lowest BCUT2D eigenvalue weighted by molar-refractivity contribution is 0.144. The molecule has 0 aliphatic heterocycles. The van der Waals surface area contributed by atoms with Gasteiger partial charge in [0.2, 0.25) is 11.2 Å². The molecule has 1 aromatic rings. The molecule has 0 N–H and O–H groups in total. The Morgan fingerprint density at radius 3 is 2.81 bits per heavy atom. The van der Waals surface area contributed by atoms with Crippen LogP contribution < -0.4 is 4.74 Å². The second-order valence-electron chi connectivity index (χ2n) is 2.86. The van der Waals surface area contributed by atoms with Crippen LogP contribution >= 0.6 is 34.2 Å². The summed E-state index contributed by atoms with van der Waals surface area (Å²) in [5.74, 6) is 0.463. The maximum atomic E-state index is 5.73. The predicted octanol–water partition coefficient (Wildman–Crippen LogP) is 2.84. The van der Waals surface area contributed by atoms with E-state index in [9.17, 15) is 0 Å². The first kappa shape index (κ1) is 13.7. The van der Waals surface area contributed by atoms with Gasteiger partial charge in [0.1, 0.15) is 3.70 Å². The number of halogens is 2. The third kappa shape index (κ3) is 3.88. The quantitative estimate of drug-likeness (QED) is 0.268. The molecule has 0 atom stereocenters. The van der Waals surface area contributed by atoms with E-state index in [0.29, 0.717) is 19.1 Å². The molecule has 6 heteroatoms. The van der Waals surface area contributed by atoms with E-state index in [2.05, 4.69) is 32.6 Å². The zero-order chi connectivity index (χ0) is 12.0. The van der Waals surface area contributed by atoms with E-state index in [1.807, 2.05) is 19.1 Å². The van der Waals surface area contributed by atoms with Crippen molar-refractivity contribution in [2.45, 2.75) is 13.5 Å². The minimum atomic E-state index is 0.179. The van der Waals surface area contributed by atoms with Crippen molar-refractivity contribution in [1.29, 1.82) is 0 Å². The highest BCUT2D eigenvalue weighted by Gasteiger charge is 2.12. The second-order valence-corrected chi connectivity index (χ2v) is 4.22. The molecule has 4 nitrogen and oxygen atoms in total. The van der Waals surface area contributed by atoms with Crippen molar-refractivity contribution in [3.05, 3.63) is 26.7 Å². The summed E-state index contributed by atoms with van der Waals surface area (Å²) in [6.07, 6.45) is 3.86. The molecule has 0 saturated heterocycles. The van der Waals surface area contributed by atoms with E-state index in [1.165, 1.54) is 0 Å². The molecule has 0 aliphatic carbocycles. The molecule has 0 unspecified atom stereocenters. The van der Waals surface area contributed by atoms with Gasteiger partial charge < -0.3 is 9.47 Å². The van der Waals surface area contributed by atoms with Crippen LogP contribution in [0.2, 0.25) is 5.28 Å². The Balaban J connectivity index is 2.77. The Morgan fingerprint density at radius 1 is 1.44 bits per heavy atom. The number of hydrogen-bond donors (Lipinski definition) is 0. The lowest BCUT2D eigenvalue weighted by Crippen LogP contribution is -2.04. The normalized spacial score (nSPS) is 11.0. The summed E-state index contributed by atoms with van der Waals surface area (Å²) in [4.78, 5) is 8.02. The van der Waals surface area contributed by atoms with Gasteiger partial charge >= 0.3 is 0 Å². The molecule has 0 aliphatic rings. The fraction of sp³-hybridized carbons (Fsp3) is 0.400. The highest BCUT2D eigenvalue weighted by Crippen LogP contribution is 2.22. The smallest absolute Gasteiger partial charge is 0.226 e. The van der Waals surface area contributed by atoms with Crippen molar-refractivity contribution in [3.63, 3.8) is 0 Å². The standard InChI is InChI=1S/C10H12ClIN2O2/c1-3-4-5-16-6-7-8(12)13-10(11)14-9(7)15-2/h3-4H,5-6H2,1-2H3/b4-3+. The number of ether oxygens (including phenoxy) is 2. The summed E-state index contributed by atoms with van der Waals surface area (Å²) in [6, 6.07) is 0. The van der Waals surface area contributed by atoms with Gasteiger partial charge in [-0.05, 0) is 41.1 Å². The van der Waals surface area contributed by atoms with Crippen LogP contribution in [-0.2, 0) is 11.3 Å². The molecular weight excluding hydrogens is 342 g/mol. The molecule has 1 heterocycles. The van der Waals surface area contributed by atoms with Gasteiger partial charge in [0.15, 0.2) is 0 Å². The number of allylic oxidation sites excluding steroid dienone is 1. The first-order chi connectivity index (χ1) is 7.69. The average Bonchev–Trinajstić information content (AvgIpc) is 2.26. The molecule has 1 aromatic heterocycles. The highest BCUT2D eigenvalue weighted by molar-refractivity contribution is 14.1. The van der Waals surface area contributed by atoms with Crippen molar-refractivity contribution >= 4 is 34.2 Å². The Labute approximate surface area is 113 Å². The van der Waals surface area contributed by atoms with E-state index < -0.39 is 0 Å². The molecule has 0 radical (unpaired) electrons. The fourth-order valence-electron chi connectivity index (χ4n) is 1.03. The number of nitrogens with zero attached hydrogens (tertiary/aromatic N) is 2. The number of methoxy groups -OCH3 is 1.